The van der Waals surface area contributed by atoms with Gasteiger partial charge in [0.15, 0.2) is 0 Å². The van der Waals surface area contributed by atoms with Gasteiger partial charge in [0.1, 0.15) is 18.0 Å². The lowest BCUT2D eigenvalue weighted by Crippen LogP contribution is -2.20. The molecule has 1 fully saturated rings. The molecule has 3 N–H and O–H groups in total. The van der Waals surface area contributed by atoms with Crippen molar-refractivity contribution in [2.24, 2.45) is 5.14 Å². The van der Waals surface area contributed by atoms with E-state index in [1.165, 1.54) is 18.5 Å². The normalized spacial score (nSPS) is 15.0. The first-order chi connectivity index (χ1) is 12.0. The maximum absolute atomic E-state index is 11.4. The molecule has 130 valence electrons. The highest BCUT2D eigenvalue weighted by Crippen LogP contribution is 2.24. The van der Waals surface area contributed by atoms with Crippen molar-refractivity contribution in [2.45, 2.75) is 17.7 Å². The van der Waals surface area contributed by atoms with E-state index in [2.05, 4.69) is 25.3 Å². The molecule has 0 amide bonds. The Hall–Kier alpha value is -2.72. The molecule has 0 unspecified atom stereocenters. The summed E-state index contributed by atoms with van der Waals surface area (Å²) >= 11 is 0. The summed E-state index contributed by atoms with van der Waals surface area (Å²) in [5.74, 6) is 2.06. The van der Waals surface area contributed by atoms with E-state index in [4.69, 9.17) is 5.14 Å². The molecule has 0 bridgehead atoms. The van der Waals surface area contributed by atoms with Gasteiger partial charge >= 0.3 is 0 Å². The molecular weight excluding hydrogens is 342 g/mol. The molecule has 9 nitrogen and oxygen atoms in total. The molecule has 0 spiro atoms. The van der Waals surface area contributed by atoms with E-state index in [9.17, 15) is 8.42 Å². The summed E-state index contributed by atoms with van der Waals surface area (Å²) in [5, 5.41) is 12.5. The van der Waals surface area contributed by atoms with Crippen molar-refractivity contribution in [2.75, 3.05) is 23.3 Å². The highest BCUT2D eigenvalue weighted by Gasteiger charge is 2.17. The number of hydrogen-bond donors (Lipinski definition) is 2. The van der Waals surface area contributed by atoms with Gasteiger partial charge in [-0.25, -0.2) is 13.6 Å². The smallest absolute Gasteiger partial charge is 0.256 e. The molecule has 0 saturated carbocycles. The van der Waals surface area contributed by atoms with Crippen molar-refractivity contribution in [1.82, 2.24) is 19.6 Å². The molecule has 0 radical (unpaired) electrons. The number of nitrogens with one attached hydrogen (secondary N) is 1. The second-order valence-corrected chi connectivity index (χ2v) is 7.42. The Bertz CT molecular complexity index is 1010. The number of anilines is 3. The second kappa shape index (κ2) is 5.97. The molecule has 3 heterocycles. The number of primary sulfonamides is 1. The van der Waals surface area contributed by atoms with Gasteiger partial charge in [-0.05, 0) is 37.1 Å². The van der Waals surface area contributed by atoms with Crippen molar-refractivity contribution >= 4 is 33.1 Å². The van der Waals surface area contributed by atoms with Crippen LogP contribution in [0.1, 0.15) is 12.8 Å². The summed E-state index contributed by atoms with van der Waals surface area (Å²) in [6.07, 6.45) is 3.75. The van der Waals surface area contributed by atoms with E-state index in [1.807, 2.05) is 6.07 Å². The third-order valence-electron chi connectivity index (χ3n) is 4.12. The Morgan fingerprint density at radius 1 is 1.12 bits per heavy atom. The maximum Gasteiger partial charge on any atom is 0.256 e. The van der Waals surface area contributed by atoms with Crippen LogP contribution in [-0.2, 0) is 10.0 Å². The van der Waals surface area contributed by atoms with Gasteiger partial charge in [0.25, 0.3) is 5.78 Å². The first-order valence-electron chi connectivity index (χ1n) is 7.86. The van der Waals surface area contributed by atoms with Crippen LogP contribution in [0.4, 0.5) is 17.3 Å². The molecule has 0 aliphatic carbocycles. The minimum atomic E-state index is -3.71. The lowest BCUT2D eigenvalue weighted by Gasteiger charge is -2.18. The fourth-order valence-electron chi connectivity index (χ4n) is 2.87. The standard InChI is InChI=1S/C15H17N7O2S/c16-25(23,24)12-5-3-11(4-6-12)19-14-9-13(21-7-1-2-8-21)20-15-17-10-18-22(14)15/h3-6,9-10,19H,1-2,7-8H2,(H2,16,23,24). The molecule has 2 aromatic heterocycles. The number of fused-ring (bicyclic) bond motifs is 1. The topological polar surface area (TPSA) is 119 Å². The molecule has 1 aromatic carbocycles. The largest absolute Gasteiger partial charge is 0.356 e. The molecule has 0 atom stereocenters. The number of benzene rings is 1. The van der Waals surface area contributed by atoms with E-state index in [-0.39, 0.29) is 4.90 Å². The van der Waals surface area contributed by atoms with Crippen LogP contribution in [0.15, 0.2) is 41.6 Å². The van der Waals surface area contributed by atoms with Gasteiger partial charge in [0.05, 0.1) is 4.90 Å². The van der Waals surface area contributed by atoms with Gasteiger partial charge < -0.3 is 10.2 Å². The Labute approximate surface area is 144 Å². The number of hydrogen-bond acceptors (Lipinski definition) is 7. The minimum absolute atomic E-state index is 0.0661. The van der Waals surface area contributed by atoms with Crippen LogP contribution in [0.25, 0.3) is 5.78 Å². The SMILES string of the molecule is NS(=O)(=O)c1ccc(Nc2cc(N3CCCC3)nc3ncnn23)cc1. The van der Waals surface area contributed by atoms with Crippen molar-refractivity contribution < 1.29 is 8.42 Å². The third kappa shape index (κ3) is 3.13. The van der Waals surface area contributed by atoms with Crippen LogP contribution in [0.5, 0.6) is 0 Å². The summed E-state index contributed by atoms with van der Waals surface area (Å²) in [7, 11) is -3.71. The van der Waals surface area contributed by atoms with Crippen molar-refractivity contribution in [1.29, 1.82) is 0 Å². The zero-order valence-electron chi connectivity index (χ0n) is 13.3. The van der Waals surface area contributed by atoms with Gasteiger partial charge in [0, 0.05) is 24.8 Å². The quantitative estimate of drug-likeness (QED) is 0.716. The number of nitrogens with zero attached hydrogens (tertiary/aromatic N) is 5. The van der Waals surface area contributed by atoms with Gasteiger partial charge in [0.2, 0.25) is 10.0 Å². The fraction of sp³-hybridized carbons (Fsp3) is 0.267. The van der Waals surface area contributed by atoms with Crippen molar-refractivity contribution in [3.63, 3.8) is 0 Å². The maximum atomic E-state index is 11.4. The number of rotatable bonds is 4. The predicted octanol–water partition coefficient (Wildman–Crippen LogP) is 1.12. The molecule has 3 aromatic rings. The average Bonchev–Trinajstić information content (AvgIpc) is 3.26. The van der Waals surface area contributed by atoms with E-state index in [0.29, 0.717) is 17.3 Å². The second-order valence-electron chi connectivity index (χ2n) is 5.86. The Morgan fingerprint density at radius 2 is 1.84 bits per heavy atom. The van der Waals surface area contributed by atoms with Crippen LogP contribution in [0, 0.1) is 0 Å². The Kier molecular flexibility index (Phi) is 3.77. The fourth-order valence-corrected chi connectivity index (χ4v) is 3.39. The summed E-state index contributed by atoms with van der Waals surface area (Å²) in [6.45, 7) is 1.94. The predicted molar refractivity (Wildman–Crippen MR) is 93.3 cm³/mol. The van der Waals surface area contributed by atoms with Crippen LogP contribution in [0.2, 0.25) is 0 Å². The molecule has 1 saturated heterocycles. The molecule has 25 heavy (non-hydrogen) atoms. The van der Waals surface area contributed by atoms with Crippen LogP contribution < -0.4 is 15.4 Å². The average molecular weight is 359 g/mol. The molecule has 4 rings (SSSR count). The lowest BCUT2D eigenvalue weighted by atomic mass is 10.3. The number of nitrogens with two attached hydrogens (primary N) is 1. The molecule has 1 aliphatic heterocycles. The van der Waals surface area contributed by atoms with Gasteiger partial charge in [-0.1, -0.05) is 0 Å². The molecule has 10 heteroatoms. The third-order valence-corrected chi connectivity index (χ3v) is 5.05. The summed E-state index contributed by atoms with van der Waals surface area (Å²) in [6, 6.07) is 8.13. The molecular formula is C15H17N7O2S. The van der Waals surface area contributed by atoms with Crippen LogP contribution in [-0.4, -0.2) is 41.1 Å². The van der Waals surface area contributed by atoms with Crippen molar-refractivity contribution in [3.8, 4) is 0 Å². The van der Waals surface area contributed by atoms with Gasteiger partial charge in [-0.2, -0.15) is 19.6 Å². The van der Waals surface area contributed by atoms with Gasteiger partial charge in [-0.15, -0.1) is 0 Å². The monoisotopic (exact) mass is 359 g/mol. The minimum Gasteiger partial charge on any atom is -0.356 e. The zero-order chi connectivity index (χ0) is 17.4. The highest BCUT2D eigenvalue weighted by molar-refractivity contribution is 7.89. The summed E-state index contributed by atoms with van der Waals surface area (Å²) in [5.41, 5.74) is 0.711. The first-order valence-corrected chi connectivity index (χ1v) is 9.41. The van der Waals surface area contributed by atoms with Crippen molar-refractivity contribution in [3.05, 3.63) is 36.7 Å². The lowest BCUT2D eigenvalue weighted by molar-refractivity contribution is 0.598. The van der Waals surface area contributed by atoms with E-state index >= 15 is 0 Å². The van der Waals surface area contributed by atoms with Crippen LogP contribution >= 0.6 is 0 Å². The van der Waals surface area contributed by atoms with Gasteiger partial charge in [-0.3, -0.25) is 0 Å². The van der Waals surface area contributed by atoms with Crippen LogP contribution in [0.3, 0.4) is 0 Å². The van der Waals surface area contributed by atoms with E-state index < -0.39 is 10.0 Å². The number of aromatic nitrogens is 4. The Balaban J connectivity index is 1.69. The van der Waals surface area contributed by atoms with E-state index in [0.717, 1.165) is 31.7 Å². The first kappa shape index (κ1) is 15.8. The highest BCUT2D eigenvalue weighted by atomic mass is 32.2. The number of sulfonamides is 1. The Morgan fingerprint density at radius 3 is 2.52 bits per heavy atom. The zero-order valence-corrected chi connectivity index (χ0v) is 14.1. The molecule has 1 aliphatic rings. The summed E-state index contributed by atoms with van der Waals surface area (Å²) < 4.78 is 24.3. The summed E-state index contributed by atoms with van der Waals surface area (Å²) in [4.78, 5) is 11.0. The van der Waals surface area contributed by atoms with E-state index in [1.54, 1.807) is 16.6 Å².